The number of ether oxygens (including phenoxy) is 10. The zero-order valence-electron chi connectivity index (χ0n) is 78.4. The molecule has 0 bridgehead atoms. The van der Waals surface area contributed by atoms with Crippen LogP contribution in [0.15, 0.2) is 152 Å². The number of nitrogens with zero attached hydrogens (tertiary/aromatic N) is 17. The molecule has 8 aromatic heterocycles. The maximum absolute atomic E-state index is 12.7. The standard InChI is InChI=1S/2C23H26ClN6O3P.C12H12Cl2N3OP.C11H13N3O4.C11H15N3O2.C6H5ClN2O3.C5H9NO/c2*1-32-21-17(8-9-19(28-21)30-11-23(12-30)13-33-14-23)27-22-25-10-15(24)20(29-22)26-16-6-4-5-7-18(16)34(2,3)31;1-19(2,18)10-6-4-3-5-9(10)16-11-8(13)7-15-12(14)17-11;1-17-10-8(14(15)16)2-3-9(12-10)13-4-11(5-13)6-18-7-11;1-15-10-8(12)2-3-9(13-10)14-4-11(5-14)6-16-7-11;1-12-6-4(9(10)11)2-3-5(7)8-6;1-5(2-6-1)3-7-4-5/h2*4-10H,11-14H2,1-3H3,(H2,25,26,27,29);3-7H,1-2H3,(H,15,16,17);2-3H,4-7H2,1H3;2-3H,4-7,12H2,1H3;2-3H,1H3;6H,1-4H2. The van der Waals surface area contributed by atoms with Crippen molar-refractivity contribution in [3.8, 4) is 29.4 Å². The van der Waals surface area contributed by atoms with Gasteiger partial charge in [-0.3, -0.25) is 20.2 Å². The predicted molar refractivity (Wildman–Crippen MR) is 544 cm³/mol. The van der Waals surface area contributed by atoms with Gasteiger partial charge in [-0.25, -0.2) is 15.0 Å². The SMILES string of the molecule is C1NCC12COC2.COc1nc(Cl)ccc1[N+](=O)[O-].COc1nc(N2CC3(COC3)C2)ccc1N.COc1nc(N2CC3(COC3)C2)ccc1Nc1ncc(Cl)c(Nc2ccccc2P(C)(C)=O)n1.COc1nc(N2CC3(COC3)C2)ccc1Nc1ncc(Cl)c(Nc2ccccc2P(C)(C)=O)n1.COc1nc(N2CC3(COC3)C2)ccc1[N+](=O)[O-].CP(C)(=O)c1ccccc1Nc1nc(Cl)ncc1Cl. The lowest BCUT2D eigenvalue weighted by atomic mass is 9.78. The van der Waals surface area contributed by atoms with Crippen molar-refractivity contribution in [2.24, 2.45) is 27.1 Å². The van der Waals surface area contributed by atoms with Crippen molar-refractivity contribution in [1.29, 1.82) is 0 Å². The van der Waals surface area contributed by atoms with E-state index in [-0.39, 0.29) is 39.0 Å². The molecule has 8 N–H and O–H groups in total. The highest BCUT2D eigenvalue weighted by Crippen LogP contribution is 2.48. The molecule has 11 aromatic rings. The molecule has 10 saturated heterocycles. The number of nitrogen functional groups attached to an aromatic ring is 1. The maximum Gasteiger partial charge on any atom is 0.331 e. The summed E-state index contributed by atoms with van der Waals surface area (Å²) in [5.74, 6) is 6.58. The Morgan fingerprint density at radius 3 is 0.971 bits per heavy atom. The number of para-hydroxylation sites is 3. The summed E-state index contributed by atoms with van der Waals surface area (Å²) in [6, 6.07) is 39.3. The van der Waals surface area contributed by atoms with E-state index in [0.29, 0.717) is 118 Å². The third-order valence-corrected chi connectivity index (χ3v) is 29.9. The first-order valence-corrected chi connectivity index (χ1v) is 53.6. The molecule has 0 saturated carbocycles. The van der Waals surface area contributed by atoms with Gasteiger partial charge in [0, 0.05) is 98.9 Å². The van der Waals surface area contributed by atoms with Crippen LogP contribution in [-0.4, -0.2) is 272 Å². The van der Waals surface area contributed by atoms with Crippen LogP contribution in [0.2, 0.25) is 25.5 Å². The number of nitro groups is 2. The van der Waals surface area contributed by atoms with Crippen LogP contribution < -0.4 is 96.8 Å². The van der Waals surface area contributed by atoms with Crippen LogP contribution in [0.5, 0.6) is 29.4 Å². The molecular weight excluding hydrogens is 1970 g/mol. The summed E-state index contributed by atoms with van der Waals surface area (Å²) in [7, 11) is 0.0151. The molecule has 10 aliphatic rings. The molecule has 41 nitrogen and oxygen atoms in total. The molecular formula is C91H106Cl5N24O17P3. The first kappa shape index (κ1) is 103. The van der Waals surface area contributed by atoms with Gasteiger partial charge in [-0.15, -0.1) is 0 Å². The number of benzene rings is 3. The van der Waals surface area contributed by atoms with Crippen LogP contribution in [0, 0.1) is 47.3 Å². The first-order chi connectivity index (χ1) is 66.8. The van der Waals surface area contributed by atoms with Crippen LogP contribution in [0.4, 0.5) is 98.1 Å². The van der Waals surface area contributed by atoms with Gasteiger partial charge in [0.15, 0.2) is 17.5 Å². The zero-order valence-corrected chi connectivity index (χ0v) is 84.9. The van der Waals surface area contributed by atoms with Crippen molar-refractivity contribution in [3.05, 3.63) is 198 Å². The molecule has 10 fully saturated rings. The second kappa shape index (κ2) is 43.4. The van der Waals surface area contributed by atoms with Crippen molar-refractivity contribution < 1.29 is 70.9 Å². The van der Waals surface area contributed by atoms with E-state index < -0.39 is 31.3 Å². The van der Waals surface area contributed by atoms with Crippen LogP contribution in [0.3, 0.4) is 0 Å². The average Bonchev–Trinajstić information content (AvgIpc) is 0.753. The second-order valence-corrected chi connectivity index (χ2v) is 47.9. The lowest BCUT2D eigenvalue weighted by Crippen LogP contribution is -2.66. The van der Waals surface area contributed by atoms with Gasteiger partial charge < -0.3 is 118 Å². The minimum Gasteiger partial charge on any atom is -0.479 e. The van der Waals surface area contributed by atoms with Gasteiger partial charge in [-0.2, -0.15) is 39.9 Å². The summed E-state index contributed by atoms with van der Waals surface area (Å²) < 4.78 is 89.6. The summed E-state index contributed by atoms with van der Waals surface area (Å²) in [6.07, 6.45) is 4.43. The van der Waals surface area contributed by atoms with E-state index in [9.17, 15) is 33.9 Å². The zero-order chi connectivity index (χ0) is 99.7. The number of hydrogen-bond donors (Lipinski definition) is 7. The molecule has 10 aliphatic heterocycles. The highest BCUT2D eigenvalue weighted by molar-refractivity contribution is 7.71. The van der Waals surface area contributed by atoms with E-state index in [1.54, 1.807) is 67.4 Å². The molecule has 49 heteroatoms. The van der Waals surface area contributed by atoms with Crippen LogP contribution in [0.1, 0.15) is 0 Å². The topological polar surface area (TPSA) is 483 Å². The van der Waals surface area contributed by atoms with Gasteiger partial charge in [0.1, 0.15) is 76.3 Å². The summed E-state index contributed by atoms with van der Waals surface area (Å²) in [6.45, 7) is 28.9. The molecule has 3 aromatic carbocycles. The lowest BCUT2D eigenvalue weighted by molar-refractivity contribution is -0.386. The van der Waals surface area contributed by atoms with E-state index in [2.05, 4.69) is 111 Å². The number of rotatable bonds is 24. The van der Waals surface area contributed by atoms with E-state index >= 15 is 0 Å². The summed E-state index contributed by atoms with van der Waals surface area (Å²) >= 11 is 29.9. The normalized spacial score (nSPS) is 17.1. The van der Waals surface area contributed by atoms with Crippen LogP contribution >= 0.6 is 79.4 Å². The smallest absolute Gasteiger partial charge is 0.331 e. The van der Waals surface area contributed by atoms with Gasteiger partial charge in [0.2, 0.25) is 34.8 Å². The number of hydrogen-bond acceptors (Lipinski definition) is 39. The van der Waals surface area contributed by atoms with Crippen molar-refractivity contribution in [2.45, 2.75) is 0 Å². The van der Waals surface area contributed by atoms with E-state index in [1.165, 1.54) is 64.1 Å². The minimum absolute atomic E-state index is 0.0586. The third kappa shape index (κ3) is 24.4. The number of methoxy groups -OCH3 is 5. The second-order valence-electron chi connectivity index (χ2n) is 36.4. The van der Waals surface area contributed by atoms with Gasteiger partial charge in [-0.05, 0) is 137 Å². The van der Waals surface area contributed by atoms with Gasteiger partial charge in [-0.1, -0.05) is 82.8 Å². The Morgan fingerprint density at radius 1 is 0.364 bits per heavy atom. The van der Waals surface area contributed by atoms with Crippen molar-refractivity contribution in [3.63, 3.8) is 0 Å². The molecule has 0 aliphatic carbocycles. The van der Waals surface area contributed by atoms with Crippen LogP contribution in [-0.2, 0) is 37.4 Å². The average molecular weight is 2080 g/mol. The Labute approximate surface area is 832 Å². The monoisotopic (exact) mass is 2070 g/mol. The molecule has 0 radical (unpaired) electrons. The summed E-state index contributed by atoms with van der Waals surface area (Å²) in [4.78, 5) is 75.6. The van der Waals surface area contributed by atoms with Crippen molar-refractivity contribution in [2.75, 3.05) is 259 Å². The molecule has 21 rings (SSSR count). The minimum atomic E-state index is -2.50. The molecule has 0 amide bonds. The highest BCUT2D eigenvalue weighted by Gasteiger charge is 2.53. The van der Waals surface area contributed by atoms with E-state index in [1.807, 2.05) is 109 Å². The number of nitrogens with two attached hydrogens (primary N) is 1. The van der Waals surface area contributed by atoms with Gasteiger partial charge >= 0.3 is 11.4 Å². The Bertz CT molecular complexity index is 6270. The van der Waals surface area contributed by atoms with Crippen molar-refractivity contribution in [1.82, 2.24) is 60.1 Å². The summed E-state index contributed by atoms with van der Waals surface area (Å²) in [5.41, 5.74) is 11.2. The van der Waals surface area contributed by atoms with E-state index in [0.717, 1.165) is 158 Å². The molecule has 18 heterocycles. The number of halogens is 5. The predicted octanol–water partition coefficient (Wildman–Crippen LogP) is 14.6. The van der Waals surface area contributed by atoms with E-state index in [4.69, 9.17) is 106 Å². The number of nitrogens with one attached hydrogen (secondary N) is 6. The molecule has 140 heavy (non-hydrogen) atoms. The molecule has 742 valence electrons. The fourth-order valence-electron chi connectivity index (χ4n) is 16.4. The first-order valence-electron chi connectivity index (χ1n) is 43.9. The number of anilines is 15. The third-order valence-electron chi connectivity index (χ3n) is 24.1. The van der Waals surface area contributed by atoms with Gasteiger partial charge in [0.25, 0.3) is 11.8 Å². The maximum atomic E-state index is 12.7. The molecule has 0 atom stereocenters. The Hall–Kier alpha value is -11.7. The Morgan fingerprint density at radius 2 is 0.664 bits per heavy atom. The van der Waals surface area contributed by atoms with Crippen LogP contribution in [0.25, 0.3) is 0 Å². The molecule has 5 spiro atoms. The Kier molecular flexibility index (Phi) is 31.9. The lowest BCUT2D eigenvalue weighted by Gasteiger charge is -2.55. The van der Waals surface area contributed by atoms with Gasteiger partial charge in [0.05, 0.1) is 174 Å². The quantitative estimate of drug-likeness (QED) is 0.00971. The Balaban J connectivity index is 0.000000129. The van der Waals surface area contributed by atoms with Crippen molar-refractivity contribution >= 4 is 193 Å². The molecule has 0 unspecified atom stereocenters. The largest absolute Gasteiger partial charge is 0.479 e. The fourth-order valence-corrected chi connectivity index (χ4v) is 20.5. The number of pyridine rings is 5. The number of aromatic nitrogens is 11. The highest BCUT2D eigenvalue weighted by atomic mass is 35.5. The fraction of sp³-hybridized carbons (Fsp3) is 0.396. The summed E-state index contributed by atoms with van der Waals surface area (Å²) in [5, 5.41) is 43.6.